The molecule has 3 amide bonds. The van der Waals surface area contributed by atoms with Gasteiger partial charge in [-0.25, -0.2) is 4.79 Å². The van der Waals surface area contributed by atoms with Crippen molar-refractivity contribution in [2.75, 3.05) is 11.9 Å². The Morgan fingerprint density at radius 3 is 2.17 bits per heavy atom. The zero-order valence-electron chi connectivity index (χ0n) is 29.1. The van der Waals surface area contributed by atoms with Crippen LogP contribution in [0.5, 0.6) is 0 Å². The number of carbonyl (C=O) groups excluding carboxylic acids is 3. The first-order chi connectivity index (χ1) is 22.3. The van der Waals surface area contributed by atoms with E-state index in [9.17, 15) is 14.4 Å². The van der Waals surface area contributed by atoms with Crippen molar-refractivity contribution in [3.05, 3.63) is 99.6 Å². The van der Waals surface area contributed by atoms with E-state index in [1.54, 1.807) is 31.7 Å². The van der Waals surface area contributed by atoms with Gasteiger partial charge in [0, 0.05) is 13.0 Å². The predicted molar refractivity (Wildman–Crippen MR) is 192 cm³/mol. The number of carbonyl (C=O) groups is 3. The lowest BCUT2D eigenvalue weighted by atomic mass is 9.95. The first-order valence-corrected chi connectivity index (χ1v) is 17.2. The van der Waals surface area contributed by atoms with Gasteiger partial charge in [0.2, 0.25) is 5.91 Å². The molecule has 2 atom stereocenters. The predicted octanol–water partition coefficient (Wildman–Crippen LogP) is 9.27. The van der Waals surface area contributed by atoms with Crippen LogP contribution in [0.25, 0.3) is 0 Å². The van der Waals surface area contributed by atoms with Crippen molar-refractivity contribution in [2.24, 2.45) is 0 Å². The summed E-state index contributed by atoms with van der Waals surface area (Å²) in [6, 6.07) is 18.9. The maximum atomic E-state index is 14.8. The second kappa shape index (κ2) is 17.9. The zero-order valence-corrected chi connectivity index (χ0v) is 29.9. The lowest BCUT2D eigenvalue weighted by molar-refractivity contribution is -0.140. The summed E-state index contributed by atoms with van der Waals surface area (Å²) in [6.07, 6.45) is 5.62. The van der Waals surface area contributed by atoms with Gasteiger partial charge in [-0.05, 0) is 76.3 Å². The van der Waals surface area contributed by atoms with E-state index >= 15 is 0 Å². The summed E-state index contributed by atoms with van der Waals surface area (Å²) in [6.45, 7) is 13.7. The van der Waals surface area contributed by atoms with Gasteiger partial charge in [0.15, 0.2) is 0 Å². The normalized spacial score (nSPS) is 12.6. The van der Waals surface area contributed by atoms with Gasteiger partial charge >= 0.3 is 6.09 Å². The molecule has 8 heteroatoms. The summed E-state index contributed by atoms with van der Waals surface area (Å²) < 4.78 is 5.59. The second-order valence-electron chi connectivity index (χ2n) is 13.4. The first kappa shape index (κ1) is 37.6. The molecule has 0 spiro atoms. The summed E-state index contributed by atoms with van der Waals surface area (Å²) in [5, 5.41) is 6.33. The maximum Gasteiger partial charge on any atom is 0.408 e. The molecular weight excluding hydrogens is 610 g/mol. The molecule has 254 valence electrons. The summed E-state index contributed by atoms with van der Waals surface area (Å²) in [5.74, 6) is -0.729. The van der Waals surface area contributed by atoms with Crippen molar-refractivity contribution < 1.29 is 19.1 Å². The summed E-state index contributed by atoms with van der Waals surface area (Å²) in [5.41, 5.74) is 4.10. The average molecular weight is 662 g/mol. The molecule has 0 saturated heterocycles. The highest BCUT2D eigenvalue weighted by atomic mass is 35.5. The average Bonchev–Trinajstić information content (AvgIpc) is 3.00. The van der Waals surface area contributed by atoms with Gasteiger partial charge in [0.25, 0.3) is 5.91 Å². The van der Waals surface area contributed by atoms with Gasteiger partial charge in [-0.2, -0.15) is 0 Å². The van der Waals surface area contributed by atoms with Gasteiger partial charge in [-0.3, -0.25) is 9.59 Å². The molecule has 0 bridgehead atoms. The minimum atomic E-state index is -0.979. The van der Waals surface area contributed by atoms with Crippen LogP contribution in [-0.2, 0) is 20.7 Å². The van der Waals surface area contributed by atoms with Crippen molar-refractivity contribution >= 4 is 35.2 Å². The Morgan fingerprint density at radius 2 is 1.53 bits per heavy atom. The number of hydrogen-bond acceptors (Lipinski definition) is 4. The van der Waals surface area contributed by atoms with E-state index in [0.29, 0.717) is 29.2 Å². The molecule has 2 unspecified atom stereocenters. The van der Waals surface area contributed by atoms with Crippen LogP contribution in [0.1, 0.15) is 100 Å². The zero-order chi connectivity index (χ0) is 34.6. The number of para-hydroxylation sites is 1. The SMILES string of the molecule is CCCCCCCCN(C(=O)C(Cc1ccccc1)NC(=O)OC(C)(C)C)C(C(=O)Nc1c(C)cccc1Cl)c1ccc(C)cc1C. The third-order valence-electron chi connectivity index (χ3n) is 8.06. The topological polar surface area (TPSA) is 87.7 Å². The summed E-state index contributed by atoms with van der Waals surface area (Å²) in [4.78, 5) is 44.1. The third-order valence-corrected chi connectivity index (χ3v) is 8.37. The molecule has 7 nitrogen and oxygen atoms in total. The quantitative estimate of drug-likeness (QED) is 0.159. The number of benzene rings is 3. The Labute approximate surface area is 286 Å². The van der Waals surface area contributed by atoms with Crippen LogP contribution in [0.3, 0.4) is 0 Å². The minimum Gasteiger partial charge on any atom is -0.444 e. The maximum absolute atomic E-state index is 14.8. The van der Waals surface area contributed by atoms with Crippen LogP contribution in [0.4, 0.5) is 10.5 Å². The van der Waals surface area contributed by atoms with Gasteiger partial charge in [-0.15, -0.1) is 0 Å². The van der Waals surface area contributed by atoms with Crippen molar-refractivity contribution in [1.82, 2.24) is 10.2 Å². The van der Waals surface area contributed by atoms with E-state index in [2.05, 4.69) is 17.6 Å². The highest BCUT2D eigenvalue weighted by Gasteiger charge is 2.37. The number of ether oxygens (including phenoxy) is 1. The molecule has 0 aliphatic rings. The van der Waals surface area contributed by atoms with Gasteiger partial charge in [-0.1, -0.05) is 117 Å². The number of aryl methyl sites for hydroxylation is 3. The second-order valence-corrected chi connectivity index (χ2v) is 13.8. The number of amides is 3. The standard InChI is InChI=1S/C39H52ClN3O4/c1-8-9-10-11-12-16-24-43(37(45)33(26-30-19-14-13-15-20-30)41-38(46)47-39(5,6)7)35(31-23-22-27(2)25-29(31)4)36(44)42-34-28(3)18-17-21-32(34)40/h13-15,17-23,25,33,35H,8-12,16,24,26H2,1-7H3,(H,41,46)(H,42,44). The van der Waals surface area contributed by atoms with E-state index in [1.807, 2.05) is 81.4 Å². The lowest BCUT2D eigenvalue weighted by Gasteiger charge is -2.35. The number of anilines is 1. The number of alkyl carbamates (subject to hydrolysis) is 1. The van der Waals surface area contributed by atoms with Gasteiger partial charge < -0.3 is 20.3 Å². The van der Waals surface area contributed by atoms with Crippen LogP contribution in [0.2, 0.25) is 5.02 Å². The van der Waals surface area contributed by atoms with Crippen molar-refractivity contribution in [1.29, 1.82) is 0 Å². The van der Waals surface area contributed by atoms with Crippen LogP contribution >= 0.6 is 11.6 Å². The number of unbranched alkanes of at least 4 members (excludes halogenated alkanes) is 5. The molecule has 47 heavy (non-hydrogen) atoms. The van der Waals surface area contributed by atoms with Crippen molar-refractivity contribution in [2.45, 2.75) is 111 Å². The molecule has 0 aliphatic carbocycles. The van der Waals surface area contributed by atoms with Gasteiger partial charge in [0.1, 0.15) is 17.7 Å². The van der Waals surface area contributed by atoms with Crippen molar-refractivity contribution in [3.8, 4) is 0 Å². The number of nitrogens with one attached hydrogen (secondary N) is 2. The molecule has 0 heterocycles. The van der Waals surface area contributed by atoms with Crippen LogP contribution < -0.4 is 10.6 Å². The third kappa shape index (κ3) is 11.7. The fourth-order valence-corrected chi connectivity index (χ4v) is 5.96. The monoisotopic (exact) mass is 661 g/mol. The van der Waals surface area contributed by atoms with Crippen molar-refractivity contribution in [3.63, 3.8) is 0 Å². The summed E-state index contributed by atoms with van der Waals surface area (Å²) in [7, 11) is 0. The number of hydrogen-bond donors (Lipinski definition) is 2. The van der Waals surface area contributed by atoms with Crippen LogP contribution in [-0.4, -0.2) is 41.0 Å². The Kier molecular flexibility index (Phi) is 14.3. The highest BCUT2D eigenvalue weighted by Crippen LogP contribution is 2.31. The number of rotatable bonds is 15. The van der Waals surface area contributed by atoms with Gasteiger partial charge in [0.05, 0.1) is 10.7 Å². The Hall–Kier alpha value is -3.84. The molecule has 3 aromatic carbocycles. The molecule has 0 aliphatic heterocycles. The summed E-state index contributed by atoms with van der Waals surface area (Å²) >= 11 is 6.56. The van der Waals surface area contributed by atoms with Crippen LogP contribution in [0.15, 0.2) is 66.7 Å². The first-order valence-electron chi connectivity index (χ1n) is 16.8. The molecule has 0 aromatic heterocycles. The molecule has 0 fully saturated rings. The molecule has 0 radical (unpaired) electrons. The minimum absolute atomic E-state index is 0.233. The molecule has 2 N–H and O–H groups in total. The Morgan fingerprint density at radius 1 is 0.851 bits per heavy atom. The molecule has 0 saturated carbocycles. The Balaban J connectivity index is 2.11. The van der Waals surface area contributed by atoms with E-state index in [-0.39, 0.29) is 18.2 Å². The Bertz CT molecular complexity index is 1470. The lowest BCUT2D eigenvalue weighted by Crippen LogP contribution is -2.53. The van der Waals surface area contributed by atoms with E-state index in [0.717, 1.165) is 54.4 Å². The largest absolute Gasteiger partial charge is 0.444 e. The van der Waals surface area contributed by atoms with E-state index < -0.39 is 23.8 Å². The molecular formula is C39H52ClN3O4. The number of halogens is 1. The number of nitrogens with zero attached hydrogens (tertiary/aromatic N) is 1. The fourth-order valence-electron chi connectivity index (χ4n) is 5.69. The van der Waals surface area contributed by atoms with E-state index in [4.69, 9.17) is 16.3 Å². The fraction of sp³-hybridized carbons (Fsp3) is 0.462. The van der Waals surface area contributed by atoms with Crippen LogP contribution in [0, 0.1) is 20.8 Å². The smallest absolute Gasteiger partial charge is 0.408 e. The van der Waals surface area contributed by atoms with E-state index in [1.165, 1.54) is 0 Å². The molecule has 3 aromatic rings. The molecule has 3 rings (SSSR count). The highest BCUT2D eigenvalue weighted by molar-refractivity contribution is 6.34.